The van der Waals surface area contributed by atoms with Crippen LogP contribution in [0, 0.1) is 0 Å². The minimum atomic E-state index is -4.50. The van der Waals surface area contributed by atoms with Gasteiger partial charge in [0, 0.05) is 47.6 Å². The molecule has 2 aromatic heterocycles. The molecule has 1 aliphatic heterocycles. The van der Waals surface area contributed by atoms with E-state index in [2.05, 4.69) is 19.8 Å². The maximum atomic E-state index is 14.8. The van der Waals surface area contributed by atoms with E-state index in [-0.39, 0.29) is 30.8 Å². The summed E-state index contributed by atoms with van der Waals surface area (Å²) in [7, 11) is -3.32. The normalized spacial score (nSPS) is 19.1. The van der Waals surface area contributed by atoms with Crippen molar-refractivity contribution < 1.29 is 42.5 Å². The van der Waals surface area contributed by atoms with Crippen LogP contribution < -0.4 is 20.9 Å². The topological polar surface area (TPSA) is 200 Å². The molecule has 0 saturated carbocycles. The van der Waals surface area contributed by atoms with E-state index in [1.807, 2.05) is 42.5 Å². The van der Waals surface area contributed by atoms with Gasteiger partial charge in [-0.15, -0.1) is 0 Å². The van der Waals surface area contributed by atoms with Gasteiger partial charge in [0.05, 0.1) is 32.0 Å². The van der Waals surface area contributed by atoms with Crippen molar-refractivity contribution in [2.75, 3.05) is 20.3 Å². The molecule has 0 bridgehead atoms. The minimum Gasteiger partial charge on any atom is -0.466 e. The van der Waals surface area contributed by atoms with Crippen LogP contribution in [-0.4, -0.2) is 70.2 Å². The Balaban J connectivity index is 1.28. The molecule has 5 atom stereocenters. The molecule has 3 aromatic carbocycles. The van der Waals surface area contributed by atoms with Crippen molar-refractivity contribution in [2.24, 2.45) is 0 Å². The molecule has 272 valence electrons. The summed E-state index contributed by atoms with van der Waals surface area (Å²) in [4.78, 5) is 55.4. The molecular weight excluding hydrogens is 695 g/mol. The highest BCUT2D eigenvalue weighted by molar-refractivity contribution is 7.52. The lowest BCUT2D eigenvalue weighted by molar-refractivity contribution is -0.145. The summed E-state index contributed by atoms with van der Waals surface area (Å²) in [6, 6.07) is 18.8. The van der Waals surface area contributed by atoms with Gasteiger partial charge in [0.15, 0.2) is 0 Å². The standard InChI is InChI=1S/C36H37N4O11P/c1-3-48-35(44)28(17-24-19-37-27-13-7-6-11-25(24)27)39-52(46,51-30-14-8-10-22-9-4-5-12-26(22)30)49-21-31-29(41)18-32(50-31)40-20-23(15-16-33(42)47-2)34(43)38-36(40)45/h4-16,19-20,28-29,31-32,37,41H,3,17-18,21H2,1-2H3,(H,39,46)(H,38,43,45)/b16-15+/t28-,29-,31+,32+,52?/m0/s1. The van der Waals surface area contributed by atoms with Gasteiger partial charge in [-0.2, -0.15) is 5.09 Å². The number of rotatable bonds is 14. The first-order valence-corrected chi connectivity index (χ1v) is 18.0. The van der Waals surface area contributed by atoms with E-state index < -0.39 is 62.0 Å². The molecule has 3 heterocycles. The molecule has 1 unspecified atom stereocenters. The third-order valence-electron chi connectivity index (χ3n) is 8.47. The van der Waals surface area contributed by atoms with Gasteiger partial charge in [-0.1, -0.05) is 54.6 Å². The van der Waals surface area contributed by atoms with E-state index in [4.69, 9.17) is 18.5 Å². The van der Waals surface area contributed by atoms with Crippen molar-refractivity contribution in [3.63, 3.8) is 0 Å². The number of hydrogen-bond donors (Lipinski definition) is 4. The number of para-hydroxylation sites is 1. The zero-order valence-corrected chi connectivity index (χ0v) is 29.1. The number of aliphatic hydroxyl groups excluding tert-OH is 1. The smallest absolute Gasteiger partial charge is 0.459 e. The van der Waals surface area contributed by atoms with Gasteiger partial charge in [-0.25, -0.2) is 14.2 Å². The fraction of sp³-hybridized carbons (Fsp3) is 0.278. The number of aromatic amines is 2. The fourth-order valence-electron chi connectivity index (χ4n) is 5.90. The average molecular weight is 733 g/mol. The van der Waals surface area contributed by atoms with Crippen molar-refractivity contribution in [3.05, 3.63) is 117 Å². The number of methoxy groups -OCH3 is 1. The number of H-pyrrole nitrogens is 2. The molecule has 16 heteroatoms. The number of esters is 2. The second-order valence-electron chi connectivity index (χ2n) is 11.9. The molecule has 1 saturated heterocycles. The van der Waals surface area contributed by atoms with Crippen LogP contribution in [0.4, 0.5) is 0 Å². The molecule has 52 heavy (non-hydrogen) atoms. The Morgan fingerprint density at radius 1 is 1.10 bits per heavy atom. The molecule has 0 amide bonds. The lowest BCUT2D eigenvalue weighted by atomic mass is 10.1. The number of aliphatic hydroxyl groups is 1. The van der Waals surface area contributed by atoms with Crippen LogP contribution in [0.1, 0.15) is 30.7 Å². The average Bonchev–Trinajstić information content (AvgIpc) is 3.72. The number of nitrogens with one attached hydrogen (secondary N) is 3. The predicted molar refractivity (Wildman–Crippen MR) is 191 cm³/mol. The van der Waals surface area contributed by atoms with Gasteiger partial charge >= 0.3 is 25.4 Å². The zero-order chi connectivity index (χ0) is 36.8. The Morgan fingerprint density at radius 3 is 2.63 bits per heavy atom. The molecule has 1 aliphatic rings. The van der Waals surface area contributed by atoms with E-state index in [1.54, 1.807) is 37.4 Å². The van der Waals surface area contributed by atoms with Crippen LogP contribution in [0.2, 0.25) is 0 Å². The molecular formula is C36H37N4O11P. The highest BCUT2D eigenvalue weighted by Gasteiger charge is 2.40. The lowest BCUT2D eigenvalue weighted by Gasteiger charge is -2.26. The molecule has 6 rings (SSSR count). The summed E-state index contributed by atoms with van der Waals surface area (Å²) in [6.45, 7) is 1.22. The Bertz CT molecular complexity index is 2270. The first-order valence-electron chi connectivity index (χ1n) is 16.4. The number of ether oxygens (including phenoxy) is 3. The van der Waals surface area contributed by atoms with Crippen LogP contribution in [0.5, 0.6) is 5.75 Å². The number of carbonyl (C=O) groups is 2. The van der Waals surface area contributed by atoms with Gasteiger partial charge < -0.3 is 28.8 Å². The molecule has 5 aromatic rings. The zero-order valence-electron chi connectivity index (χ0n) is 28.2. The summed E-state index contributed by atoms with van der Waals surface area (Å²) in [5.41, 5.74) is -0.00865. The van der Waals surface area contributed by atoms with Crippen LogP contribution in [0.25, 0.3) is 27.8 Å². The molecule has 4 N–H and O–H groups in total. The Labute approximate surface area is 296 Å². The first kappa shape index (κ1) is 36.5. The SMILES string of the molecule is CCOC(=O)[C@H](Cc1c[nH]c2ccccc12)NP(=O)(OC[C@H]1O[C@@H](n2cc(/C=C/C(=O)OC)c(=O)[nH]c2=O)C[C@@H]1O)Oc1cccc2ccccc12. The van der Waals surface area contributed by atoms with Crippen molar-refractivity contribution >= 4 is 47.4 Å². The Hall–Kier alpha value is -5.31. The summed E-state index contributed by atoms with van der Waals surface area (Å²) in [5.74, 6) is -1.19. The largest absolute Gasteiger partial charge is 0.466 e. The summed E-state index contributed by atoms with van der Waals surface area (Å²) < 4.78 is 43.8. The van der Waals surface area contributed by atoms with Crippen molar-refractivity contribution in [1.82, 2.24) is 19.6 Å². The second kappa shape index (κ2) is 15.9. The van der Waals surface area contributed by atoms with E-state index >= 15 is 0 Å². The third kappa shape index (κ3) is 8.25. The number of benzene rings is 3. The summed E-state index contributed by atoms with van der Waals surface area (Å²) in [6.07, 6.45) is 1.68. The van der Waals surface area contributed by atoms with Gasteiger partial charge in [0.2, 0.25) is 0 Å². The minimum absolute atomic E-state index is 0.0415. The van der Waals surface area contributed by atoms with Gasteiger partial charge in [-0.05, 0) is 36.1 Å². The van der Waals surface area contributed by atoms with E-state index in [0.29, 0.717) is 5.39 Å². The first-order chi connectivity index (χ1) is 25.1. The second-order valence-corrected chi connectivity index (χ2v) is 13.6. The molecule has 1 fully saturated rings. The third-order valence-corrected chi connectivity index (χ3v) is 10.0. The summed E-state index contributed by atoms with van der Waals surface area (Å²) in [5, 5.41) is 16.1. The maximum Gasteiger partial charge on any atom is 0.459 e. The number of carbonyl (C=O) groups excluding carboxylic acids is 2. The number of hydrogen-bond acceptors (Lipinski definition) is 11. The van der Waals surface area contributed by atoms with Crippen LogP contribution in [0.15, 0.2) is 94.8 Å². The van der Waals surface area contributed by atoms with Crippen molar-refractivity contribution in [1.29, 1.82) is 0 Å². The monoisotopic (exact) mass is 732 g/mol. The van der Waals surface area contributed by atoms with Crippen molar-refractivity contribution in [2.45, 2.75) is 44.2 Å². The van der Waals surface area contributed by atoms with Crippen LogP contribution in [-0.2, 0) is 39.3 Å². The van der Waals surface area contributed by atoms with Crippen LogP contribution in [0.3, 0.4) is 0 Å². The Kier molecular flexibility index (Phi) is 11.2. The van der Waals surface area contributed by atoms with Gasteiger partial charge in [-0.3, -0.25) is 23.7 Å². The van der Waals surface area contributed by atoms with Gasteiger partial charge in [0.25, 0.3) is 5.56 Å². The van der Waals surface area contributed by atoms with E-state index in [1.165, 1.54) is 19.4 Å². The molecule has 0 aliphatic carbocycles. The van der Waals surface area contributed by atoms with Crippen LogP contribution >= 0.6 is 7.75 Å². The number of fused-ring (bicyclic) bond motifs is 2. The lowest BCUT2D eigenvalue weighted by Crippen LogP contribution is -2.40. The maximum absolute atomic E-state index is 14.8. The quantitative estimate of drug-likeness (QED) is 0.0729. The van der Waals surface area contributed by atoms with E-state index in [9.17, 15) is 28.8 Å². The van der Waals surface area contributed by atoms with Gasteiger partial charge in [0.1, 0.15) is 24.1 Å². The molecule has 0 radical (unpaired) electrons. The fourth-order valence-corrected chi connectivity index (χ4v) is 7.42. The Morgan fingerprint density at radius 2 is 1.85 bits per heavy atom. The highest BCUT2D eigenvalue weighted by Crippen LogP contribution is 2.48. The summed E-state index contributed by atoms with van der Waals surface area (Å²) >= 11 is 0. The van der Waals surface area contributed by atoms with E-state index in [0.717, 1.165) is 32.5 Å². The highest BCUT2D eigenvalue weighted by atomic mass is 31.2. The number of nitrogens with zero attached hydrogens (tertiary/aromatic N) is 1. The number of aromatic nitrogens is 3. The molecule has 15 nitrogen and oxygen atoms in total. The van der Waals surface area contributed by atoms with Crippen molar-refractivity contribution in [3.8, 4) is 5.75 Å². The molecule has 0 spiro atoms. The predicted octanol–water partition coefficient (Wildman–Crippen LogP) is 3.97.